The van der Waals surface area contributed by atoms with E-state index in [0.717, 1.165) is 23.9 Å². The van der Waals surface area contributed by atoms with Crippen LogP contribution in [0.4, 0.5) is 0 Å². The number of benzene rings is 1. The quantitative estimate of drug-likeness (QED) is 0.745. The van der Waals surface area contributed by atoms with E-state index < -0.39 is 9.84 Å². The second kappa shape index (κ2) is 7.78. The lowest BCUT2D eigenvalue weighted by Gasteiger charge is -2.28. The van der Waals surface area contributed by atoms with Crippen molar-refractivity contribution in [2.75, 3.05) is 23.8 Å². The number of H-pyrrole nitrogens is 1. The molecule has 1 atom stereocenters. The highest BCUT2D eigenvalue weighted by Crippen LogP contribution is 2.23. The lowest BCUT2D eigenvalue weighted by atomic mass is 10.2. The Morgan fingerprint density at radius 1 is 1.40 bits per heavy atom. The van der Waals surface area contributed by atoms with Crippen LogP contribution in [0.15, 0.2) is 29.4 Å². The van der Waals surface area contributed by atoms with E-state index in [0.29, 0.717) is 18.1 Å². The Morgan fingerprint density at radius 2 is 2.20 bits per heavy atom. The standard InChI is InChI=1S/C17H23N3O3S2/c1-2-3-9-20(13-8-10-25(22,23)12-13)16(21)11-24-17-18-14-6-4-5-7-15(14)19-17/h4-7,13H,2-3,8-12H2,1H3,(H,18,19). The van der Waals surface area contributed by atoms with Crippen LogP contribution in [0.25, 0.3) is 11.0 Å². The molecule has 1 unspecified atom stereocenters. The number of rotatable bonds is 7. The van der Waals surface area contributed by atoms with Crippen molar-refractivity contribution in [1.82, 2.24) is 14.9 Å². The summed E-state index contributed by atoms with van der Waals surface area (Å²) in [5.41, 5.74) is 1.82. The maximum absolute atomic E-state index is 12.7. The van der Waals surface area contributed by atoms with Crippen molar-refractivity contribution in [3.8, 4) is 0 Å². The summed E-state index contributed by atoms with van der Waals surface area (Å²) in [5, 5.41) is 0.712. The predicted molar refractivity (Wildman–Crippen MR) is 100 cm³/mol. The van der Waals surface area contributed by atoms with Gasteiger partial charge in [0, 0.05) is 12.6 Å². The van der Waals surface area contributed by atoms with E-state index in [-0.39, 0.29) is 29.2 Å². The molecule has 1 aliphatic rings. The summed E-state index contributed by atoms with van der Waals surface area (Å²) in [5.74, 6) is 0.531. The minimum atomic E-state index is -3.00. The van der Waals surface area contributed by atoms with E-state index in [1.807, 2.05) is 24.3 Å². The molecule has 0 radical (unpaired) electrons. The summed E-state index contributed by atoms with van der Waals surface area (Å²) >= 11 is 1.37. The van der Waals surface area contributed by atoms with Crippen LogP contribution < -0.4 is 0 Å². The summed E-state index contributed by atoms with van der Waals surface area (Å²) in [6.45, 7) is 2.69. The van der Waals surface area contributed by atoms with Gasteiger partial charge in [-0.1, -0.05) is 37.2 Å². The number of para-hydroxylation sites is 2. The van der Waals surface area contributed by atoms with Gasteiger partial charge >= 0.3 is 0 Å². The number of imidazole rings is 1. The predicted octanol–water partition coefficient (Wildman–Crippen LogP) is 2.47. The molecule has 3 rings (SSSR count). The van der Waals surface area contributed by atoms with E-state index in [9.17, 15) is 13.2 Å². The maximum atomic E-state index is 12.7. The molecular weight excluding hydrogens is 358 g/mol. The van der Waals surface area contributed by atoms with Gasteiger partial charge in [-0.15, -0.1) is 0 Å². The number of nitrogens with one attached hydrogen (secondary N) is 1. The van der Waals surface area contributed by atoms with Gasteiger partial charge in [-0.2, -0.15) is 0 Å². The molecular formula is C17H23N3O3S2. The molecule has 0 bridgehead atoms. The van der Waals surface area contributed by atoms with Crippen molar-refractivity contribution < 1.29 is 13.2 Å². The van der Waals surface area contributed by atoms with Gasteiger partial charge in [0.15, 0.2) is 15.0 Å². The van der Waals surface area contributed by atoms with Crippen LogP contribution in [0.2, 0.25) is 0 Å². The summed E-state index contributed by atoms with van der Waals surface area (Å²) < 4.78 is 23.5. The average molecular weight is 382 g/mol. The van der Waals surface area contributed by atoms with E-state index >= 15 is 0 Å². The number of carbonyl (C=O) groups is 1. The fraction of sp³-hybridized carbons (Fsp3) is 0.529. The Bertz CT molecular complexity index is 815. The smallest absolute Gasteiger partial charge is 0.233 e. The SMILES string of the molecule is CCCCN(C(=O)CSc1nc2ccccc2[nH]1)C1CCS(=O)(=O)C1. The Labute approximate surface area is 152 Å². The van der Waals surface area contributed by atoms with Crippen LogP contribution in [0.3, 0.4) is 0 Å². The Morgan fingerprint density at radius 3 is 2.88 bits per heavy atom. The number of unbranched alkanes of at least 4 members (excludes halogenated alkanes) is 1. The molecule has 1 amide bonds. The summed E-state index contributed by atoms with van der Waals surface area (Å²) in [7, 11) is -3.00. The number of aromatic nitrogens is 2. The number of amides is 1. The van der Waals surface area contributed by atoms with Gasteiger partial charge in [0.25, 0.3) is 0 Å². The van der Waals surface area contributed by atoms with Crippen molar-refractivity contribution in [1.29, 1.82) is 0 Å². The molecule has 1 fully saturated rings. The first-order chi connectivity index (χ1) is 12.0. The number of hydrogen-bond donors (Lipinski definition) is 1. The first kappa shape index (κ1) is 18.3. The topological polar surface area (TPSA) is 83.1 Å². The number of thioether (sulfide) groups is 1. The fourth-order valence-corrected chi connectivity index (χ4v) is 5.57. The first-order valence-corrected chi connectivity index (χ1v) is 11.4. The molecule has 1 aliphatic heterocycles. The molecule has 2 aromatic rings. The zero-order valence-corrected chi connectivity index (χ0v) is 15.9. The summed E-state index contributed by atoms with van der Waals surface area (Å²) in [6.07, 6.45) is 2.41. The molecule has 6 nitrogen and oxygen atoms in total. The monoisotopic (exact) mass is 381 g/mol. The Balaban J connectivity index is 1.65. The van der Waals surface area contributed by atoms with Crippen LogP contribution >= 0.6 is 11.8 Å². The second-order valence-electron chi connectivity index (χ2n) is 6.35. The number of fused-ring (bicyclic) bond motifs is 1. The van der Waals surface area contributed by atoms with Gasteiger partial charge in [0.1, 0.15) is 0 Å². The number of carbonyl (C=O) groups excluding carboxylic acids is 1. The normalized spacial score (nSPS) is 19.3. The average Bonchev–Trinajstić information content (AvgIpc) is 3.16. The molecule has 1 saturated heterocycles. The van der Waals surface area contributed by atoms with Crippen molar-refractivity contribution in [3.05, 3.63) is 24.3 Å². The van der Waals surface area contributed by atoms with E-state index in [2.05, 4.69) is 16.9 Å². The second-order valence-corrected chi connectivity index (χ2v) is 9.54. The van der Waals surface area contributed by atoms with Crippen molar-refractivity contribution in [2.45, 2.75) is 37.4 Å². The zero-order valence-electron chi connectivity index (χ0n) is 14.3. The third kappa shape index (κ3) is 4.55. The lowest BCUT2D eigenvalue weighted by molar-refractivity contribution is -0.130. The van der Waals surface area contributed by atoms with Crippen LogP contribution in [0, 0.1) is 0 Å². The van der Waals surface area contributed by atoms with Gasteiger partial charge in [-0.05, 0) is 25.0 Å². The maximum Gasteiger partial charge on any atom is 0.233 e. The van der Waals surface area contributed by atoms with Crippen molar-refractivity contribution >= 4 is 38.5 Å². The van der Waals surface area contributed by atoms with Gasteiger partial charge in [0.05, 0.1) is 28.3 Å². The number of hydrogen-bond acceptors (Lipinski definition) is 5. The van der Waals surface area contributed by atoms with Gasteiger partial charge in [-0.25, -0.2) is 13.4 Å². The molecule has 0 aliphatic carbocycles. The molecule has 8 heteroatoms. The van der Waals surface area contributed by atoms with Gasteiger partial charge in [-0.3, -0.25) is 4.79 Å². The highest BCUT2D eigenvalue weighted by atomic mass is 32.2. The molecule has 25 heavy (non-hydrogen) atoms. The summed E-state index contributed by atoms with van der Waals surface area (Å²) in [6, 6.07) is 7.56. The highest BCUT2D eigenvalue weighted by molar-refractivity contribution is 7.99. The molecule has 2 heterocycles. The Kier molecular flexibility index (Phi) is 5.68. The number of aromatic amines is 1. The Hall–Kier alpha value is -1.54. The minimum Gasteiger partial charge on any atom is -0.338 e. The van der Waals surface area contributed by atoms with E-state index in [4.69, 9.17) is 0 Å². The minimum absolute atomic E-state index is 0.0130. The first-order valence-electron chi connectivity index (χ1n) is 8.56. The van der Waals surface area contributed by atoms with Gasteiger partial charge in [0.2, 0.25) is 5.91 Å². The third-order valence-corrected chi connectivity index (χ3v) is 7.03. The van der Waals surface area contributed by atoms with E-state index in [1.165, 1.54) is 11.8 Å². The van der Waals surface area contributed by atoms with Crippen LogP contribution in [-0.2, 0) is 14.6 Å². The number of sulfone groups is 1. The van der Waals surface area contributed by atoms with Crippen LogP contribution in [-0.4, -0.2) is 59.0 Å². The third-order valence-electron chi connectivity index (χ3n) is 4.42. The number of nitrogens with zero attached hydrogens (tertiary/aromatic N) is 2. The van der Waals surface area contributed by atoms with E-state index in [1.54, 1.807) is 4.90 Å². The molecule has 1 aromatic heterocycles. The molecule has 0 saturated carbocycles. The van der Waals surface area contributed by atoms with Crippen LogP contribution in [0.1, 0.15) is 26.2 Å². The summed E-state index contributed by atoms with van der Waals surface area (Å²) in [4.78, 5) is 22.1. The highest BCUT2D eigenvalue weighted by Gasteiger charge is 2.34. The molecule has 0 spiro atoms. The molecule has 1 N–H and O–H groups in total. The van der Waals surface area contributed by atoms with Crippen LogP contribution in [0.5, 0.6) is 0 Å². The fourth-order valence-electron chi connectivity index (χ4n) is 3.07. The lowest BCUT2D eigenvalue weighted by Crippen LogP contribution is -2.42. The molecule has 136 valence electrons. The van der Waals surface area contributed by atoms with Gasteiger partial charge < -0.3 is 9.88 Å². The zero-order chi connectivity index (χ0) is 17.9. The van der Waals surface area contributed by atoms with Crippen molar-refractivity contribution in [2.24, 2.45) is 0 Å². The largest absolute Gasteiger partial charge is 0.338 e. The van der Waals surface area contributed by atoms with Crippen molar-refractivity contribution in [3.63, 3.8) is 0 Å². The molecule has 1 aromatic carbocycles.